The fourth-order valence-corrected chi connectivity index (χ4v) is 2.02. The predicted octanol–water partition coefficient (Wildman–Crippen LogP) is 4.78. The molecule has 0 atom stereocenters. The highest BCUT2D eigenvalue weighted by molar-refractivity contribution is 5.85. The first-order valence-corrected chi connectivity index (χ1v) is 6.37. The smallest absolute Gasteiger partial charge is 0.0772 e. The summed E-state index contributed by atoms with van der Waals surface area (Å²) < 4.78 is 0. The Labute approximate surface area is 114 Å². The van der Waals surface area contributed by atoms with E-state index in [0.717, 1.165) is 16.7 Å². The van der Waals surface area contributed by atoms with Crippen molar-refractivity contribution in [2.75, 3.05) is 0 Å². The van der Waals surface area contributed by atoms with E-state index in [0.29, 0.717) is 0 Å². The van der Waals surface area contributed by atoms with Crippen LogP contribution in [0.3, 0.4) is 0 Å². The van der Waals surface area contributed by atoms with E-state index in [4.69, 9.17) is 0 Å². The summed E-state index contributed by atoms with van der Waals surface area (Å²) in [7, 11) is 0. The van der Waals surface area contributed by atoms with Crippen molar-refractivity contribution in [3.8, 4) is 6.07 Å². The van der Waals surface area contributed by atoms with Crippen molar-refractivity contribution < 1.29 is 0 Å². The number of rotatable bonds is 3. The summed E-state index contributed by atoms with van der Waals surface area (Å²) in [6.45, 7) is 3.91. The van der Waals surface area contributed by atoms with Crippen LogP contribution in [0.2, 0.25) is 0 Å². The molecule has 0 aliphatic rings. The van der Waals surface area contributed by atoms with Crippen molar-refractivity contribution >= 4 is 11.6 Å². The Balaban J connectivity index is 2.54. The third-order valence-corrected chi connectivity index (χ3v) is 3.15. The number of nitrogens with zero attached hydrogens (tertiary/aromatic N) is 1. The zero-order valence-electron chi connectivity index (χ0n) is 11.3. The molecule has 1 nitrogen and oxygen atoms in total. The summed E-state index contributed by atoms with van der Waals surface area (Å²) in [5.41, 5.74) is 2.74. The summed E-state index contributed by atoms with van der Waals surface area (Å²) in [5, 5.41) is 9.41. The second-order valence-corrected chi connectivity index (χ2v) is 5.07. The molecule has 94 valence electrons. The molecule has 0 aliphatic heterocycles. The highest BCUT2D eigenvalue weighted by atomic mass is 14.3. The monoisotopic (exact) mass is 247 g/mol. The Kier molecular flexibility index (Phi) is 3.82. The topological polar surface area (TPSA) is 23.8 Å². The molecule has 0 radical (unpaired) electrons. The van der Waals surface area contributed by atoms with Gasteiger partial charge in [-0.15, -0.1) is 0 Å². The van der Waals surface area contributed by atoms with E-state index in [1.807, 2.05) is 62.4 Å². The maximum atomic E-state index is 9.41. The maximum Gasteiger partial charge on any atom is 0.0772 e. The molecule has 1 heteroatoms. The van der Waals surface area contributed by atoms with Gasteiger partial charge in [-0.25, -0.2) is 0 Å². The Morgan fingerprint density at radius 3 is 2.00 bits per heavy atom. The Hall–Kier alpha value is -2.33. The molecule has 0 saturated heterocycles. The Morgan fingerprint density at radius 1 is 0.947 bits per heavy atom. The molecule has 0 saturated carbocycles. The van der Waals surface area contributed by atoms with Gasteiger partial charge < -0.3 is 0 Å². The van der Waals surface area contributed by atoms with Crippen molar-refractivity contribution in [1.82, 2.24) is 0 Å². The third-order valence-electron chi connectivity index (χ3n) is 3.15. The lowest BCUT2D eigenvalue weighted by Crippen LogP contribution is -2.10. The van der Waals surface area contributed by atoms with Gasteiger partial charge in [0.05, 0.1) is 11.5 Å². The molecule has 0 amide bonds. The summed E-state index contributed by atoms with van der Waals surface area (Å²) in [6, 6.07) is 22.6. The fraction of sp³-hybridized carbons (Fsp3) is 0.167. The van der Waals surface area contributed by atoms with Crippen LogP contribution in [0.15, 0.2) is 60.7 Å². The third kappa shape index (κ3) is 3.11. The van der Waals surface area contributed by atoms with Crippen molar-refractivity contribution in [2.24, 2.45) is 5.41 Å². The minimum Gasteiger partial charge on any atom is -0.197 e. The normalized spacial score (nSPS) is 11.9. The van der Waals surface area contributed by atoms with Gasteiger partial charge in [-0.3, -0.25) is 0 Å². The van der Waals surface area contributed by atoms with Crippen LogP contribution in [0.25, 0.3) is 11.6 Å². The van der Waals surface area contributed by atoms with E-state index in [1.54, 1.807) is 0 Å². The first-order chi connectivity index (χ1) is 9.13. The Morgan fingerprint density at radius 2 is 1.47 bits per heavy atom. The molecule has 0 unspecified atom stereocenters. The van der Waals surface area contributed by atoms with Gasteiger partial charge in [0.1, 0.15) is 0 Å². The van der Waals surface area contributed by atoms with Crippen LogP contribution in [0.1, 0.15) is 25.0 Å². The van der Waals surface area contributed by atoms with Crippen molar-refractivity contribution in [1.29, 1.82) is 5.26 Å². The fourth-order valence-electron chi connectivity index (χ4n) is 2.02. The zero-order valence-corrected chi connectivity index (χ0v) is 11.3. The van der Waals surface area contributed by atoms with Crippen LogP contribution in [0.5, 0.6) is 0 Å². The first-order valence-electron chi connectivity index (χ1n) is 6.37. The van der Waals surface area contributed by atoms with Crippen molar-refractivity contribution in [3.63, 3.8) is 0 Å². The van der Waals surface area contributed by atoms with Crippen LogP contribution >= 0.6 is 0 Å². The average Bonchev–Trinajstić information content (AvgIpc) is 2.46. The first kappa shape index (κ1) is 13.1. The molecule has 0 spiro atoms. The second-order valence-electron chi connectivity index (χ2n) is 5.07. The lowest BCUT2D eigenvalue weighted by molar-refractivity contribution is 0.670. The summed E-state index contributed by atoms with van der Waals surface area (Å²) in [5.74, 6) is 0. The van der Waals surface area contributed by atoms with Crippen molar-refractivity contribution in [3.05, 3.63) is 71.8 Å². The minimum atomic E-state index is -0.517. The molecular formula is C18H17N. The molecule has 0 bridgehead atoms. The second kappa shape index (κ2) is 5.54. The molecule has 19 heavy (non-hydrogen) atoms. The number of allylic oxidation sites excluding steroid dienone is 1. The number of benzene rings is 2. The zero-order chi connectivity index (χ0) is 13.7. The van der Waals surface area contributed by atoms with Gasteiger partial charge in [-0.1, -0.05) is 60.7 Å². The van der Waals surface area contributed by atoms with E-state index < -0.39 is 5.41 Å². The minimum absolute atomic E-state index is 0.517. The van der Waals surface area contributed by atoms with Crippen LogP contribution in [-0.2, 0) is 0 Å². The summed E-state index contributed by atoms with van der Waals surface area (Å²) in [4.78, 5) is 0. The molecule has 2 aromatic rings. The van der Waals surface area contributed by atoms with Gasteiger partial charge in [-0.2, -0.15) is 5.26 Å². The van der Waals surface area contributed by atoms with Crippen LogP contribution in [0, 0.1) is 16.7 Å². The van der Waals surface area contributed by atoms with Crippen LogP contribution < -0.4 is 0 Å². The molecule has 0 aromatic heterocycles. The molecule has 0 N–H and O–H groups in total. The van der Waals surface area contributed by atoms with Gasteiger partial charge in [0.15, 0.2) is 0 Å². The van der Waals surface area contributed by atoms with Gasteiger partial charge >= 0.3 is 0 Å². The molecule has 0 heterocycles. The van der Waals surface area contributed by atoms with Crippen LogP contribution in [-0.4, -0.2) is 0 Å². The number of hydrogen-bond acceptors (Lipinski definition) is 1. The number of hydrogen-bond donors (Lipinski definition) is 0. The van der Waals surface area contributed by atoms with Gasteiger partial charge in [0.25, 0.3) is 0 Å². The lowest BCUT2D eigenvalue weighted by Gasteiger charge is -2.20. The van der Waals surface area contributed by atoms with E-state index >= 15 is 0 Å². The molecule has 0 fully saturated rings. The van der Waals surface area contributed by atoms with E-state index in [1.165, 1.54) is 0 Å². The quantitative estimate of drug-likeness (QED) is 0.716. The Bertz CT molecular complexity index is 601. The van der Waals surface area contributed by atoms with E-state index in [2.05, 4.69) is 24.3 Å². The standard InChI is InChI=1S/C18H17N/c1-18(2,14-19)17(16-11-7-4-8-12-16)13-15-9-5-3-6-10-15/h3-13H,1-2H3/b17-13+. The summed E-state index contributed by atoms with van der Waals surface area (Å²) >= 11 is 0. The molecular weight excluding hydrogens is 230 g/mol. The van der Waals surface area contributed by atoms with Gasteiger partial charge in [0.2, 0.25) is 0 Å². The average molecular weight is 247 g/mol. The van der Waals surface area contributed by atoms with Crippen molar-refractivity contribution in [2.45, 2.75) is 13.8 Å². The highest BCUT2D eigenvalue weighted by Crippen LogP contribution is 2.35. The molecule has 2 aromatic carbocycles. The summed E-state index contributed by atoms with van der Waals surface area (Å²) in [6.07, 6.45) is 2.10. The van der Waals surface area contributed by atoms with Crippen LogP contribution in [0.4, 0.5) is 0 Å². The molecule has 2 rings (SSSR count). The highest BCUT2D eigenvalue weighted by Gasteiger charge is 2.23. The maximum absolute atomic E-state index is 9.41. The van der Waals surface area contributed by atoms with E-state index in [9.17, 15) is 5.26 Å². The predicted molar refractivity (Wildman–Crippen MR) is 80.1 cm³/mol. The van der Waals surface area contributed by atoms with E-state index in [-0.39, 0.29) is 0 Å². The largest absolute Gasteiger partial charge is 0.197 e. The van der Waals surface area contributed by atoms with Gasteiger partial charge in [0, 0.05) is 0 Å². The molecule has 0 aliphatic carbocycles. The number of nitriles is 1. The van der Waals surface area contributed by atoms with Gasteiger partial charge in [-0.05, 0) is 36.6 Å². The lowest BCUT2D eigenvalue weighted by atomic mass is 9.80. The SMILES string of the molecule is CC(C)(C#N)/C(=C/c1ccccc1)c1ccccc1.